The lowest BCUT2D eigenvalue weighted by Gasteiger charge is -2.26. The number of ether oxygens (including phenoxy) is 1. The quantitative estimate of drug-likeness (QED) is 0.684. The molecule has 25 heavy (non-hydrogen) atoms. The molecule has 0 atom stereocenters. The molecular weight excluding hydrogens is 316 g/mol. The highest BCUT2D eigenvalue weighted by Crippen LogP contribution is 2.18. The number of benzene rings is 1. The van der Waals surface area contributed by atoms with Crippen LogP contribution in [0.25, 0.3) is 0 Å². The second-order valence-electron chi connectivity index (χ2n) is 6.65. The zero-order valence-electron chi connectivity index (χ0n) is 14.8. The van der Waals surface area contributed by atoms with Crippen LogP contribution in [0.3, 0.4) is 0 Å². The average Bonchev–Trinajstić information content (AvgIpc) is 3.11. The van der Waals surface area contributed by atoms with E-state index >= 15 is 0 Å². The number of piperidine rings is 1. The summed E-state index contributed by atoms with van der Waals surface area (Å²) in [5.41, 5.74) is 1.33. The first-order valence-electron chi connectivity index (χ1n) is 9.28. The van der Waals surface area contributed by atoms with Crippen LogP contribution in [-0.4, -0.2) is 44.9 Å². The van der Waals surface area contributed by atoms with Gasteiger partial charge in [0.1, 0.15) is 18.2 Å². The van der Waals surface area contributed by atoms with E-state index in [-0.39, 0.29) is 6.61 Å². The van der Waals surface area contributed by atoms with E-state index in [0.717, 1.165) is 37.4 Å². The number of aliphatic hydroxyl groups excluding tert-OH is 1. The summed E-state index contributed by atoms with van der Waals surface area (Å²) in [6, 6.07) is 8.46. The predicted octanol–water partition coefficient (Wildman–Crippen LogP) is 2.68. The van der Waals surface area contributed by atoms with Gasteiger partial charge < -0.3 is 9.84 Å². The SMILES string of the molecule is OCc1nc(CCCCOc2cccc(CN3CCCCC3)c2)n[nH]1. The number of aryl methyl sites for hydroxylation is 1. The van der Waals surface area contributed by atoms with Crippen molar-refractivity contribution in [1.82, 2.24) is 20.1 Å². The van der Waals surface area contributed by atoms with Gasteiger partial charge >= 0.3 is 0 Å². The summed E-state index contributed by atoms with van der Waals surface area (Å²) in [5, 5.41) is 15.7. The van der Waals surface area contributed by atoms with E-state index in [2.05, 4.69) is 38.3 Å². The van der Waals surface area contributed by atoms with E-state index in [0.29, 0.717) is 12.4 Å². The maximum atomic E-state index is 8.96. The molecule has 0 radical (unpaired) electrons. The summed E-state index contributed by atoms with van der Waals surface area (Å²) < 4.78 is 5.89. The summed E-state index contributed by atoms with van der Waals surface area (Å²) in [7, 11) is 0. The lowest BCUT2D eigenvalue weighted by atomic mass is 10.1. The van der Waals surface area contributed by atoms with Crippen molar-refractivity contribution in [3.05, 3.63) is 41.5 Å². The van der Waals surface area contributed by atoms with Gasteiger partial charge in [-0.15, -0.1) is 0 Å². The Labute approximate surface area is 149 Å². The molecule has 1 aromatic heterocycles. The summed E-state index contributed by atoms with van der Waals surface area (Å²) >= 11 is 0. The van der Waals surface area contributed by atoms with Gasteiger partial charge in [-0.25, -0.2) is 4.98 Å². The van der Waals surface area contributed by atoms with E-state index in [1.54, 1.807) is 0 Å². The Morgan fingerprint density at radius 2 is 2.04 bits per heavy atom. The highest BCUT2D eigenvalue weighted by atomic mass is 16.5. The van der Waals surface area contributed by atoms with Crippen molar-refractivity contribution in [3.63, 3.8) is 0 Å². The maximum Gasteiger partial charge on any atom is 0.150 e. The molecule has 6 heteroatoms. The van der Waals surface area contributed by atoms with Crippen molar-refractivity contribution >= 4 is 0 Å². The number of hydrogen-bond acceptors (Lipinski definition) is 5. The lowest BCUT2D eigenvalue weighted by molar-refractivity contribution is 0.220. The molecule has 1 saturated heterocycles. The highest BCUT2D eigenvalue weighted by Gasteiger charge is 2.10. The van der Waals surface area contributed by atoms with E-state index in [4.69, 9.17) is 9.84 Å². The maximum absolute atomic E-state index is 8.96. The van der Waals surface area contributed by atoms with Crippen LogP contribution in [0.5, 0.6) is 5.75 Å². The third-order valence-corrected chi connectivity index (χ3v) is 4.54. The number of hydrogen-bond donors (Lipinski definition) is 2. The first kappa shape index (κ1) is 17.9. The second-order valence-corrected chi connectivity index (χ2v) is 6.65. The van der Waals surface area contributed by atoms with Crippen LogP contribution in [-0.2, 0) is 19.6 Å². The largest absolute Gasteiger partial charge is 0.494 e. The number of rotatable bonds is 9. The van der Waals surface area contributed by atoms with Gasteiger partial charge in [-0.05, 0) is 56.5 Å². The number of unbranched alkanes of at least 4 members (excludes halogenated alkanes) is 1. The van der Waals surface area contributed by atoms with Crippen LogP contribution in [0.1, 0.15) is 49.3 Å². The minimum absolute atomic E-state index is 0.0934. The zero-order valence-corrected chi connectivity index (χ0v) is 14.8. The summed E-state index contributed by atoms with van der Waals surface area (Å²) in [4.78, 5) is 6.72. The fraction of sp³-hybridized carbons (Fsp3) is 0.579. The van der Waals surface area contributed by atoms with Gasteiger partial charge in [-0.2, -0.15) is 5.10 Å². The van der Waals surface area contributed by atoms with Crippen molar-refractivity contribution in [2.75, 3.05) is 19.7 Å². The molecule has 0 unspecified atom stereocenters. The first-order valence-corrected chi connectivity index (χ1v) is 9.28. The molecular formula is C19H28N4O2. The predicted molar refractivity (Wildman–Crippen MR) is 96.3 cm³/mol. The van der Waals surface area contributed by atoms with Gasteiger partial charge in [0.2, 0.25) is 0 Å². The fourth-order valence-corrected chi connectivity index (χ4v) is 3.20. The minimum atomic E-state index is -0.0934. The van der Waals surface area contributed by atoms with Gasteiger partial charge in [-0.1, -0.05) is 18.6 Å². The van der Waals surface area contributed by atoms with Crippen LogP contribution in [0.4, 0.5) is 0 Å². The van der Waals surface area contributed by atoms with Crippen LogP contribution in [0, 0.1) is 0 Å². The van der Waals surface area contributed by atoms with Crippen LogP contribution < -0.4 is 4.74 Å². The second kappa shape index (κ2) is 9.53. The monoisotopic (exact) mass is 344 g/mol. The number of likely N-dealkylation sites (tertiary alicyclic amines) is 1. The summed E-state index contributed by atoms with van der Waals surface area (Å²) in [5.74, 6) is 2.24. The molecule has 1 aliphatic rings. The van der Waals surface area contributed by atoms with Gasteiger partial charge in [0.05, 0.1) is 6.61 Å². The fourth-order valence-electron chi connectivity index (χ4n) is 3.20. The van der Waals surface area contributed by atoms with Crippen LogP contribution in [0.15, 0.2) is 24.3 Å². The third-order valence-electron chi connectivity index (χ3n) is 4.54. The molecule has 0 bridgehead atoms. The summed E-state index contributed by atoms with van der Waals surface area (Å²) in [6.07, 6.45) is 6.74. The Hall–Kier alpha value is -1.92. The van der Waals surface area contributed by atoms with E-state index in [1.807, 2.05) is 6.07 Å². The number of aromatic nitrogens is 3. The van der Waals surface area contributed by atoms with Crippen molar-refractivity contribution in [2.45, 2.75) is 51.7 Å². The van der Waals surface area contributed by atoms with Crippen molar-refractivity contribution < 1.29 is 9.84 Å². The number of nitrogens with zero attached hydrogens (tertiary/aromatic N) is 3. The molecule has 2 heterocycles. The highest BCUT2D eigenvalue weighted by molar-refractivity contribution is 5.28. The van der Waals surface area contributed by atoms with Gasteiger partial charge in [-0.3, -0.25) is 10.00 Å². The number of nitrogens with one attached hydrogen (secondary N) is 1. The van der Waals surface area contributed by atoms with E-state index in [9.17, 15) is 0 Å². The Bertz CT molecular complexity index is 638. The number of aliphatic hydroxyl groups is 1. The molecule has 2 aromatic rings. The van der Waals surface area contributed by atoms with E-state index < -0.39 is 0 Å². The Balaban J connectivity index is 1.37. The number of H-pyrrole nitrogens is 1. The molecule has 3 rings (SSSR count). The molecule has 2 N–H and O–H groups in total. The van der Waals surface area contributed by atoms with Crippen LogP contribution >= 0.6 is 0 Å². The normalized spacial score (nSPS) is 15.4. The molecule has 1 aromatic carbocycles. The lowest BCUT2D eigenvalue weighted by Crippen LogP contribution is -2.29. The Kier molecular flexibility index (Phi) is 6.82. The molecule has 0 spiro atoms. The molecule has 1 fully saturated rings. The average molecular weight is 344 g/mol. The Morgan fingerprint density at radius 1 is 1.16 bits per heavy atom. The molecule has 0 aliphatic carbocycles. The smallest absolute Gasteiger partial charge is 0.150 e. The topological polar surface area (TPSA) is 74.3 Å². The van der Waals surface area contributed by atoms with Gasteiger partial charge in [0, 0.05) is 13.0 Å². The van der Waals surface area contributed by atoms with Gasteiger partial charge in [0.15, 0.2) is 5.82 Å². The molecule has 6 nitrogen and oxygen atoms in total. The molecule has 0 amide bonds. The van der Waals surface area contributed by atoms with Crippen LogP contribution in [0.2, 0.25) is 0 Å². The molecule has 1 aliphatic heterocycles. The van der Waals surface area contributed by atoms with Gasteiger partial charge in [0.25, 0.3) is 0 Å². The summed E-state index contributed by atoms with van der Waals surface area (Å²) in [6.45, 7) is 4.05. The van der Waals surface area contributed by atoms with Crippen molar-refractivity contribution in [3.8, 4) is 5.75 Å². The Morgan fingerprint density at radius 3 is 2.84 bits per heavy atom. The van der Waals surface area contributed by atoms with Crippen molar-refractivity contribution in [1.29, 1.82) is 0 Å². The number of aromatic amines is 1. The first-order chi connectivity index (χ1) is 12.3. The minimum Gasteiger partial charge on any atom is -0.494 e. The van der Waals surface area contributed by atoms with Crippen molar-refractivity contribution in [2.24, 2.45) is 0 Å². The molecule has 0 saturated carbocycles. The zero-order chi connectivity index (χ0) is 17.3. The standard InChI is InChI=1S/C19H28N4O2/c24-15-19-20-18(21-22-19)9-2-5-12-25-17-8-6-7-16(13-17)14-23-10-3-1-4-11-23/h6-8,13,24H,1-5,9-12,14-15H2,(H,20,21,22). The van der Waals surface area contributed by atoms with E-state index in [1.165, 1.54) is 37.9 Å². The third kappa shape index (κ3) is 5.83. The molecule has 136 valence electrons.